The van der Waals surface area contributed by atoms with Gasteiger partial charge in [0.05, 0.1) is 5.69 Å². The first kappa shape index (κ1) is 16.4. The quantitative estimate of drug-likeness (QED) is 0.718. The second-order valence-electron chi connectivity index (χ2n) is 7.62. The van der Waals surface area contributed by atoms with Crippen LogP contribution in [0, 0.1) is 11.8 Å². The molecule has 0 aliphatic carbocycles. The number of nitrogens with zero attached hydrogens (tertiary/aromatic N) is 5. The lowest BCUT2D eigenvalue weighted by atomic mass is 10.0. The largest absolute Gasteiger partial charge is 0.354 e. The molecular formula is C22H23N5. The summed E-state index contributed by atoms with van der Waals surface area (Å²) >= 11 is 0. The molecule has 4 heterocycles. The van der Waals surface area contributed by atoms with Crippen molar-refractivity contribution in [2.45, 2.75) is 6.54 Å². The van der Waals surface area contributed by atoms with E-state index >= 15 is 0 Å². The topological polar surface area (TPSA) is 45.2 Å². The third-order valence-corrected chi connectivity index (χ3v) is 5.74. The Hall–Kier alpha value is -2.79. The van der Waals surface area contributed by atoms with E-state index in [4.69, 9.17) is 0 Å². The van der Waals surface area contributed by atoms with Crippen LogP contribution in [0.3, 0.4) is 0 Å². The summed E-state index contributed by atoms with van der Waals surface area (Å²) in [6, 6.07) is 18.9. The van der Waals surface area contributed by atoms with Crippen molar-refractivity contribution in [3.63, 3.8) is 0 Å². The number of likely N-dealkylation sites (tertiary alicyclic amines) is 1. The van der Waals surface area contributed by atoms with Gasteiger partial charge in [-0.25, -0.2) is 0 Å². The Morgan fingerprint density at radius 1 is 0.815 bits per heavy atom. The molecule has 27 heavy (non-hydrogen) atoms. The summed E-state index contributed by atoms with van der Waals surface area (Å²) in [5.74, 6) is 2.45. The van der Waals surface area contributed by atoms with Gasteiger partial charge in [0.2, 0.25) is 0 Å². The van der Waals surface area contributed by atoms with Crippen molar-refractivity contribution in [1.82, 2.24) is 20.1 Å². The molecule has 2 atom stereocenters. The summed E-state index contributed by atoms with van der Waals surface area (Å²) < 4.78 is 0. The Kier molecular flexibility index (Phi) is 4.30. The maximum Gasteiger partial charge on any atom is 0.151 e. The molecule has 2 aliphatic heterocycles. The second-order valence-corrected chi connectivity index (χ2v) is 7.62. The monoisotopic (exact) mass is 357 g/mol. The van der Waals surface area contributed by atoms with Gasteiger partial charge in [-0.05, 0) is 41.7 Å². The lowest BCUT2D eigenvalue weighted by molar-refractivity contribution is 0.309. The third kappa shape index (κ3) is 3.43. The van der Waals surface area contributed by atoms with E-state index in [-0.39, 0.29) is 0 Å². The average Bonchev–Trinajstić information content (AvgIpc) is 3.28. The Morgan fingerprint density at radius 2 is 1.63 bits per heavy atom. The maximum atomic E-state index is 4.49. The SMILES string of the molecule is c1ccc(CN2C[C@@H]3CN(c4ccc(-c5cccnc5)nn4)C[C@H]3C2)cc1. The number of fused-ring (bicyclic) bond motifs is 1. The minimum Gasteiger partial charge on any atom is -0.354 e. The zero-order chi connectivity index (χ0) is 18.1. The van der Waals surface area contributed by atoms with Crippen LogP contribution in [0.2, 0.25) is 0 Å². The number of hydrogen-bond acceptors (Lipinski definition) is 5. The van der Waals surface area contributed by atoms with Crippen LogP contribution in [0.25, 0.3) is 11.3 Å². The van der Waals surface area contributed by atoms with Crippen LogP contribution >= 0.6 is 0 Å². The van der Waals surface area contributed by atoms with E-state index in [1.165, 1.54) is 18.7 Å². The van der Waals surface area contributed by atoms with Crippen molar-refractivity contribution >= 4 is 5.82 Å². The fraction of sp³-hybridized carbons (Fsp3) is 0.318. The minimum absolute atomic E-state index is 0.730. The van der Waals surface area contributed by atoms with Gasteiger partial charge in [-0.1, -0.05) is 30.3 Å². The van der Waals surface area contributed by atoms with Gasteiger partial charge in [0.15, 0.2) is 5.82 Å². The van der Waals surface area contributed by atoms with Crippen molar-refractivity contribution in [2.24, 2.45) is 11.8 Å². The highest BCUT2D eigenvalue weighted by atomic mass is 15.3. The van der Waals surface area contributed by atoms with Gasteiger partial charge in [-0.2, -0.15) is 0 Å². The number of anilines is 1. The highest BCUT2D eigenvalue weighted by Crippen LogP contribution is 2.34. The van der Waals surface area contributed by atoms with E-state index in [0.717, 1.165) is 48.5 Å². The summed E-state index contributed by atoms with van der Waals surface area (Å²) in [5, 5.41) is 8.90. The van der Waals surface area contributed by atoms with Crippen LogP contribution in [-0.2, 0) is 6.54 Å². The molecule has 136 valence electrons. The second kappa shape index (κ2) is 7.08. The van der Waals surface area contributed by atoms with Crippen molar-refractivity contribution in [3.8, 4) is 11.3 Å². The molecule has 0 saturated carbocycles. The van der Waals surface area contributed by atoms with Gasteiger partial charge in [0.25, 0.3) is 0 Å². The number of hydrogen-bond donors (Lipinski definition) is 0. The Morgan fingerprint density at radius 3 is 2.30 bits per heavy atom. The lowest BCUT2D eigenvalue weighted by Crippen LogP contribution is -2.29. The first-order chi connectivity index (χ1) is 13.3. The number of benzene rings is 1. The third-order valence-electron chi connectivity index (χ3n) is 5.74. The predicted molar refractivity (Wildman–Crippen MR) is 106 cm³/mol. The van der Waals surface area contributed by atoms with Crippen LogP contribution in [0.5, 0.6) is 0 Å². The lowest BCUT2D eigenvalue weighted by Gasteiger charge is -2.22. The highest BCUT2D eigenvalue weighted by molar-refractivity contribution is 5.58. The van der Waals surface area contributed by atoms with Crippen LogP contribution < -0.4 is 4.90 Å². The molecule has 0 spiro atoms. The summed E-state index contributed by atoms with van der Waals surface area (Å²) in [6.45, 7) is 5.58. The molecule has 5 rings (SSSR count). The molecule has 0 bridgehead atoms. The highest BCUT2D eigenvalue weighted by Gasteiger charge is 2.40. The molecule has 0 N–H and O–H groups in total. The van der Waals surface area contributed by atoms with Gasteiger partial charge in [0.1, 0.15) is 0 Å². The molecule has 0 radical (unpaired) electrons. The maximum absolute atomic E-state index is 4.49. The predicted octanol–water partition coefficient (Wildman–Crippen LogP) is 3.11. The van der Waals surface area contributed by atoms with Crippen molar-refractivity contribution in [3.05, 3.63) is 72.6 Å². The molecule has 2 aliphatic rings. The zero-order valence-electron chi connectivity index (χ0n) is 15.3. The number of rotatable bonds is 4. The normalized spacial score (nSPS) is 22.1. The van der Waals surface area contributed by atoms with Gasteiger partial charge in [-0.15, -0.1) is 10.2 Å². The Labute approximate surface area is 159 Å². The van der Waals surface area contributed by atoms with Gasteiger partial charge >= 0.3 is 0 Å². The zero-order valence-corrected chi connectivity index (χ0v) is 15.3. The van der Waals surface area contributed by atoms with Crippen molar-refractivity contribution in [2.75, 3.05) is 31.1 Å². The summed E-state index contributed by atoms with van der Waals surface area (Å²) in [4.78, 5) is 9.15. The molecule has 3 aromatic rings. The van der Waals surface area contributed by atoms with Gasteiger partial charge < -0.3 is 4.90 Å². The molecule has 1 aromatic carbocycles. The number of aromatic nitrogens is 3. The summed E-state index contributed by atoms with van der Waals surface area (Å²) in [5.41, 5.74) is 3.29. The van der Waals surface area contributed by atoms with Gasteiger partial charge in [0, 0.05) is 50.7 Å². The molecule has 2 saturated heterocycles. The van der Waals surface area contributed by atoms with Crippen LogP contribution in [-0.4, -0.2) is 46.3 Å². The Balaban J connectivity index is 1.21. The van der Waals surface area contributed by atoms with E-state index in [1.807, 2.05) is 18.3 Å². The van der Waals surface area contributed by atoms with E-state index in [2.05, 4.69) is 67.4 Å². The van der Waals surface area contributed by atoms with Crippen molar-refractivity contribution < 1.29 is 0 Å². The van der Waals surface area contributed by atoms with Crippen LogP contribution in [0.1, 0.15) is 5.56 Å². The molecule has 0 unspecified atom stereocenters. The van der Waals surface area contributed by atoms with E-state index in [9.17, 15) is 0 Å². The van der Waals surface area contributed by atoms with Crippen LogP contribution in [0.15, 0.2) is 67.0 Å². The molecular weight excluding hydrogens is 334 g/mol. The molecule has 5 nitrogen and oxygen atoms in total. The first-order valence-electron chi connectivity index (χ1n) is 9.60. The summed E-state index contributed by atoms with van der Waals surface area (Å²) in [6.07, 6.45) is 3.60. The fourth-order valence-electron chi connectivity index (χ4n) is 4.41. The summed E-state index contributed by atoms with van der Waals surface area (Å²) in [7, 11) is 0. The van der Waals surface area contributed by atoms with E-state index in [1.54, 1.807) is 6.20 Å². The van der Waals surface area contributed by atoms with E-state index < -0.39 is 0 Å². The smallest absolute Gasteiger partial charge is 0.151 e. The van der Waals surface area contributed by atoms with Crippen LogP contribution in [0.4, 0.5) is 5.82 Å². The van der Waals surface area contributed by atoms with Gasteiger partial charge in [-0.3, -0.25) is 9.88 Å². The molecule has 2 aromatic heterocycles. The van der Waals surface area contributed by atoms with E-state index in [0.29, 0.717) is 0 Å². The minimum atomic E-state index is 0.730. The number of pyridine rings is 1. The van der Waals surface area contributed by atoms with Crippen molar-refractivity contribution in [1.29, 1.82) is 0 Å². The fourth-order valence-corrected chi connectivity index (χ4v) is 4.41. The first-order valence-corrected chi connectivity index (χ1v) is 9.60. The molecule has 0 amide bonds. The standard InChI is InChI=1S/C22H23N5/c1-2-5-17(6-3-1)12-26-13-19-15-27(16-20(19)14-26)22-9-8-21(24-25-22)18-7-4-10-23-11-18/h1-11,19-20H,12-16H2/t19-,20-/m1/s1. The average molecular weight is 357 g/mol. The Bertz CT molecular complexity index is 868. The molecule has 5 heteroatoms. The molecule has 2 fully saturated rings.